The third-order valence-electron chi connectivity index (χ3n) is 2.72. The number of hydrogen-bond donors (Lipinski definition) is 1. The molecule has 2 bridgehead atoms. The summed E-state index contributed by atoms with van der Waals surface area (Å²) in [5.41, 5.74) is 0. The normalized spacial score (nSPS) is 45.0. The average molecular weight is 112 g/mol. The van der Waals surface area contributed by atoms with Crippen LogP contribution in [-0.4, -0.2) is 19.6 Å². The van der Waals surface area contributed by atoms with Crippen LogP contribution in [0.4, 0.5) is 0 Å². The predicted octanol–water partition coefficient (Wildman–Crippen LogP) is -0.315. The van der Waals surface area contributed by atoms with Gasteiger partial charge in [-0.05, 0) is 25.2 Å². The molecule has 0 radical (unpaired) electrons. The van der Waals surface area contributed by atoms with E-state index >= 15 is 0 Å². The quantitative estimate of drug-likeness (QED) is 0.438. The molecule has 0 atom stereocenters. The minimum Gasteiger partial charge on any atom is -0.335 e. The number of quaternary nitrogens is 1. The lowest BCUT2D eigenvalue weighted by atomic mass is 9.89. The first-order valence-electron chi connectivity index (χ1n) is 3.79. The zero-order chi connectivity index (χ0) is 5.40. The summed E-state index contributed by atoms with van der Waals surface area (Å²) in [7, 11) is 0. The maximum absolute atomic E-state index is 1.87. The van der Waals surface area contributed by atoms with Crippen LogP contribution in [0.25, 0.3) is 0 Å². The minimum atomic E-state index is 1.13. The Balaban J connectivity index is 2.03. The molecule has 3 saturated heterocycles. The fraction of sp³-hybridized carbons (Fsp3) is 1.00. The lowest BCUT2D eigenvalue weighted by molar-refractivity contribution is -0.916. The highest BCUT2D eigenvalue weighted by molar-refractivity contribution is 4.66. The second kappa shape index (κ2) is 1.73. The Morgan fingerprint density at radius 2 is 1.38 bits per heavy atom. The zero-order valence-electron chi connectivity index (χ0n) is 5.32. The molecular weight excluding hydrogens is 98.1 g/mol. The predicted molar refractivity (Wildman–Crippen MR) is 32.9 cm³/mol. The number of nitrogens with one attached hydrogen (secondary N) is 1. The molecule has 1 N–H and O–H groups in total. The molecule has 0 aromatic rings. The summed E-state index contributed by atoms with van der Waals surface area (Å²) in [6, 6.07) is 0. The van der Waals surface area contributed by atoms with Gasteiger partial charge in [0.25, 0.3) is 0 Å². The number of fused-ring (bicyclic) bond motifs is 3. The van der Waals surface area contributed by atoms with E-state index in [2.05, 4.69) is 0 Å². The molecule has 8 heavy (non-hydrogen) atoms. The third kappa shape index (κ3) is 0.655. The van der Waals surface area contributed by atoms with Crippen molar-refractivity contribution in [1.82, 2.24) is 0 Å². The minimum absolute atomic E-state index is 1.13. The molecular formula is C7H14N+. The maximum atomic E-state index is 1.87. The van der Waals surface area contributed by atoms with Gasteiger partial charge < -0.3 is 4.90 Å². The van der Waals surface area contributed by atoms with Crippen molar-refractivity contribution in [3.8, 4) is 0 Å². The van der Waals surface area contributed by atoms with Crippen LogP contribution >= 0.6 is 0 Å². The number of piperidine rings is 3. The van der Waals surface area contributed by atoms with E-state index in [4.69, 9.17) is 0 Å². The lowest BCUT2D eigenvalue weighted by Gasteiger charge is -2.35. The fourth-order valence-electron chi connectivity index (χ4n) is 2.03. The molecule has 0 amide bonds. The molecule has 3 heterocycles. The second-order valence-corrected chi connectivity index (χ2v) is 3.23. The van der Waals surface area contributed by atoms with Crippen LogP contribution < -0.4 is 4.90 Å². The molecule has 3 rings (SSSR count). The van der Waals surface area contributed by atoms with Crippen molar-refractivity contribution in [2.45, 2.75) is 19.3 Å². The van der Waals surface area contributed by atoms with E-state index in [0.29, 0.717) is 0 Å². The molecule has 1 nitrogen and oxygen atoms in total. The van der Waals surface area contributed by atoms with Crippen molar-refractivity contribution in [2.24, 2.45) is 5.92 Å². The van der Waals surface area contributed by atoms with Gasteiger partial charge in [0.1, 0.15) is 0 Å². The molecule has 46 valence electrons. The second-order valence-electron chi connectivity index (χ2n) is 3.23. The van der Waals surface area contributed by atoms with E-state index < -0.39 is 0 Å². The summed E-state index contributed by atoms with van der Waals surface area (Å²) < 4.78 is 0. The summed E-state index contributed by atoms with van der Waals surface area (Å²) in [6.07, 6.45) is 4.57. The smallest absolute Gasteiger partial charge is 0.0773 e. The highest BCUT2D eigenvalue weighted by Crippen LogP contribution is 2.16. The Morgan fingerprint density at radius 3 is 1.50 bits per heavy atom. The van der Waals surface area contributed by atoms with E-state index in [-0.39, 0.29) is 0 Å². The van der Waals surface area contributed by atoms with E-state index in [0.717, 1.165) is 5.92 Å². The summed E-state index contributed by atoms with van der Waals surface area (Å²) in [4.78, 5) is 1.87. The van der Waals surface area contributed by atoms with Gasteiger partial charge in [-0.1, -0.05) is 0 Å². The van der Waals surface area contributed by atoms with Gasteiger partial charge in [0.2, 0.25) is 0 Å². The van der Waals surface area contributed by atoms with Crippen LogP contribution in [0.2, 0.25) is 0 Å². The molecule has 0 saturated carbocycles. The van der Waals surface area contributed by atoms with Gasteiger partial charge in [-0.2, -0.15) is 0 Å². The number of rotatable bonds is 0. The van der Waals surface area contributed by atoms with Gasteiger partial charge in [0, 0.05) is 0 Å². The molecule has 3 aliphatic rings. The van der Waals surface area contributed by atoms with Crippen molar-refractivity contribution < 1.29 is 4.90 Å². The molecule has 1 heteroatoms. The summed E-state index contributed by atoms with van der Waals surface area (Å²) in [5.74, 6) is 1.13. The topological polar surface area (TPSA) is 4.44 Å². The van der Waals surface area contributed by atoms with E-state index in [1.54, 1.807) is 0 Å². The van der Waals surface area contributed by atoms with Crippen LogP contribution in [0.5, 0.6) is 0 Å². The summed E-state index contributed by atoms with van der Waals surface area (Å²) >= 11 is 0. The Labute approximate surface area is 50.7 Å². The van der Waals surface area contributed by atoms with Crippen LogP contribution in [-0.2, 0) is 0 Å². The molecule has 0 aliphatic carbocycles. The standard InChI is InChI=1S/C7H13N/c1-4-8-5-2-7(1)3-6-8/h7H,1-6H2/p+1. The van der Waals surface area contributed by atoms with Crippen LogP contribution in [0.3, 0.4) is 0 Å². The van der Waals surface area contributed by atoms with Crippen LogP contribution in [0.1, 0.15) is 19.3 Å². The average Bonchev–Trinajstić information content (AvgIpc) is 1.92. The largest absolute Gasteiger partial charge is 0.335 e. The lowest BCUT2D eigenvalue weighted by Crippen LogP contribution is -3.14. The number of hydrogen-bond acceptors (Lipinski definition) is 0. The first-order valence-corrected chi connectivity index (χ1v) is 3.79. The Morgan fingerprint density at radius 1 is 0.875 bits per heavy atom. The van der Waals surface area contributed by atoms with Gasteiger partial charge in [-0.25, -0.2) is 0 Å². The molecule has 0 unspecified atom stereocenters. The van der Waals surface area contributed by atoms with E-state index in [1.807, 2.05) is 4.90 Å². The third-order valence-corrected chi connectivity index (χ3v) is 2.72. The molecule has 0 aromatic carbocycles. The van der Waals surface area contributed by atoms with Gasteiger partial charge in [0.15, 0.2) is 0 Å². The van der Waals surface area contributed by atoms with Crippen molar-refractivity contribution >= 4 is 0 Å². The van der Waals surface area contributed by atoms with Gasteiger partial charge in [-0.3, -0.25) is 0 Å². The fourth-order valence-corrected chi connectivity index (χ4v) is 2.03. The van der Waals surface area contributed by atoms with Crippen molar-refractivity contribution in [1.29, 1.82) is 0 Å². The van der Waals surface area contributed by atoms with E-state index in [9.17, 15) is 0 Å². The SMILES string of the molecule is C1C[NH+]2CCC1CC2. The first kappa shape index (κ1) is 4.80. The van der Waals surface area contributed by atoms with Gasteiger partial charge in [-0.15, -0.1) is 0 Å². The summed E-state index contributed by atoms with van der Waals surface area (Å²) in [5, 5.41) is 0. The molecule has 0 spiro atoms. The summed E-state index contributed by atoms with van der Waals surface area (Å²) in [6.45, 7) is 4.43. The monoisotopic (exact) mass is 112 g/mol. The maximum Gasteiger partial charge on any atom is 0.0773 e. The van der Waals surface area contributed by atoms with Crippen molar-refractivity contribution in [3.63, 3.8) is 0 Å². The highest BCUT2D eigenvalue weighted by Gasteiger charge is 2.27. The van der Waals surface area contributed by atoms with Gasteiger partial charge >= 0.3 is 0 Å². The first-order chi connectivity index (χ1) is 3.95. The van der Waals surface area contributed by atoms with Crippen LogP contribution in [0, 0.1) is 5.92 Å². The van der Waals surface area contributed by atoms with E-state index in [1.165, 1.54) is 38.9 Å². The highest BCUT2D eigenvalue weighted by atomic mass is 15.1. The molecule has 3 aliphatic heterocycles. The Hall–Kier alpha value is -0.0400. The van der Waals surface area contributed by atoms with Crippen LogP contribution in [0.15, 0.2) is 0 Å². The zero-order valence-corrected chi connectivity index (χ0v) is 5.32. The van der Waals surface area contributed by atoms with Gasteiger partial charge in [0.05, 0.1) is 19.6 Å². The molecule has 0 aromatic heterocycles. The van der Waals surface area contributed by atoms with Crippen molar-refractivity contribution in [2.75, 3.05) is 19.6 Å². The Kier molecular flexibility index (Phi) is 1.04. The Bertz CT molecular complexity index is 59.4. The molecule has 3 fully saturated rings. The van der Waals surface area contributed by atoms with Crippen molar-refractivity contribution in [3.05, 3.63) is 0 Å².